The number of nitro groups is 1. The molecule has 0 unspecified atom stereocenters. The highest BCUT2D eigenvalue weighted by Crippen LogP contribution is 2.19. The number of non-ortho nitro benzene ring substituents is 1. The van der Waals surface area contributed by atoms with Crippen LogP contribution in [-0.2, 0) is 6.54 Å². The van der Waals surface area contributed by atoms with Crippen LogP contribution in [0.5, 0.6) is 0 Å². The van der Waals surface area contributed by atoms with E-state index in [4.69, 9.17) is 11.6 Å². The van der Waals surface area contributed by atoms with E-state index in [-0.39, 0.29) is 11.3 Å². The molecule has 0 aliphatic carbocycles. The van der Waals surface area contributed by atoms with Crippen molar-refractivity contribution in [2.75, 3.05) is 5.32 Å². The van der Waals surface area contributed by atoms with Crippen LogP contribution in [-0.4, -0.2) is 20.6 Å². The molecule has 0 atom stereocenters. The lowest BCUT2D eigenvalue weighted by molar-refractivity contribution is -0.384. The lowest BCUT2D eigenvalue weighted by Gasteiger charge is -2.06. The Balaban J connectivity index is 1.77. The minimum Gasteiger partial charge on any atom is -0.305 e. The summed E-state index contributed by atoms with van der Waals surface area (Å²) in [4.78, 5) is 22.6. The molecule has 0 fully saturated rings. The smallest absolute Gasteiger partial charge is 0.270 e. The van der Waals surface area contributed by atoms with Gasteiger partial charge in [0.25, 0.3) is 11.6 Å². The summed E-state index contributed by atoms with van der Waals surface area (Å²) in [5.74, 6) is -0.0952. The Morgan fingerprint density at radius 2 is 2.00 bits per heavy atom. The lowest BCUT2D eigenvalue weighted by atomic mass is 10.2. The number of nitrogens with zero attached hydrogens (tertiary/aromatic N) is 3. The highest BCUT2D eigenvalue weighted by atomic mass is 35.5. The third-order valence-corrected chi connectivity index (χ3v) is 4.19. The third-order valence-electron chi connectivity index (χ3n) is 3.82. The minimum atomic E-state index is -0.542. The molecule has 8 heteroatoms. The zero-order valence-electron chi connectivity index (χ0n) is 13.8. The molecule has 2 aromatic carbocycles. The molecule has 0 saturated carbocycles. The zero-order chi connectivity index (χ0) is 18.7. The molecule has 1 aromatic heterocycles. The summed E-state index contributed by atoms with van der Waals surface area (Å²) in [5.41, 5.74) is 1.81. The maximum absolute atomic E-state index is 12.3. The first-order valence-electron chi connectivity index (χ1n) is 7.77. The molecule has 1 heterocycles. The van der Waals surface area contributed by atoms with E-state index in [9.17, 15) is 14.9 Å². The average molecular weight is 371 g/mol. The fraction of sp³-hybridized carbons (Fsp3) is 0.111. The van der Waals surface area contributed by atoms with Gasteiger partial charge in [0.05, 0.1) is 11.5 Å². The number of hydrogen-bond acceptors (Lipinski definition) is 4. The molecule has 7 nitrogen and oxygen atoms in total. The number of hydrogen-bond donors (Lipinski definition) is 1. The first-order chi connectivity index (χ1) is 12.4. The van der Waals surface area contributed by atoms with Gasteiger partial charge >= 0.3 is 0 Å². The van der Waals surface area contributed by atoms with E-state index in [2.05, 4.69) is 10.4 Å². The van der Waals surface area contributed by atoms with Crippen molar-refractivity contribution in [2.24, 2.45) is 0 Å². The molecule has 1 N–H and O–H groups in total. The summed E-state index contributed by atoms with van der Waals surface area (Å²) in [7, 11) is 0. The molecule has 0 spiro atoms. The number of rotatable bonds is 5. The third kappa shape index (κ3) is 3.89. The molecule has 26 heavy (non-hydrogen) atoms. The number of nitro benzene ring substituents is 1. The highest BCUT2D eigenvalue weighted by molar-refractivity contribution is 6.31. The molecule has 0 saturated heterocycles. The zero-order valence-corrected chi connectivity index (χ0v) is 14.6. The largest absolute Gasteiger partial charge is 0.305 e. The molecule has 0 aliphatic rings. The first kappa shape index (κ1) is 17.6. The van der Waals surface area contributed by atoms with E-state index in [1.165, 1.54) is 24.3 Å². The van der Waals surface area contributed by atoms with E-state index in [1.807, 2.05) is 25.1 Å². The van der Waals surface area contributed by atoms with Gasteiger partial charge in [0.1, 0.15) is 0 Å². The van der Waals surface area contributed by atoms with E-state index >= 15 is 0 Å². The normalized spacial score (nSPS) is 10.5. The van der Waals surface area contributed by atoms with Gasteiger partial charge in [0, 0.05) is 34.5 Å². The summed E-state index contributed by atoms with van der Waals surface area (Å²) in [6, 6.07) is 14.7. The summed E-state index contributed by atoms with van der Waals surface area (Å²) >= 11 is 6.17. The summed E-state index contributed by atoms with van der Waals surface area (Å²) in [6.45, 7) is 2.34. The fourth-order valence-electron chi connectivity index (χ4n) is 2.47. The Bertz CT molecular complexity index is 984. The Hall–Kier alpha value is -3.19. The molecule has 0 aliphatic heterocycles. The molecular weight excluding hydrogens is 356 g/mol. The van der Waals surface area contributed by atoms with Crippen LogP contribution in [0.3, 0.4) is 0 Å². The van der Waals surface area contributed by atoms with E-state index in [1.54, 1.807) is 16.8 Å². The van der Waals surface area contributed by atoms with Crippen molar-refractivity contribution in [3.05, 3.63) is 86.6 Å². The number of carbonyl (C=O) groups excluding carboxylic acids is 1. The van der Waals surface area contributed by atoms with Gasteiger partial charge in [-0.2, -0.15) is 5.10 Å². The number of anilines is 1. The van der Waals surface area contributed by atoms with Gasteiger partial charge in [0.15, 0.2) is 5.82 Å². The maximum atomic E-state index is 12.3. The second kappa shape index (κ2) is 7.37. The van der Waals surface area contributed by atoms with Crippen LogP contribution in [0.4, 0.5) is 11.5 Å². The number of benzene rings is 2. The van der Waals surface area contributed by atoms with Gasteiger partial charge in [-0.3, -0.25) is 19.6 Å². The Kier molecular flexibility index (Phi) is 4.99. The van der Waals surface area contributed by atoms with Crippen molar-refractivity contribution in [3.63, 3.8) is 0 Å². The van der Waals surface area contributed by atoms with Gasteiger partial charge < -0.3 is 5.32 Å². The number of aromatic nitrogens is 2. The van der Waals surface area contributed by atoms with E-state index in [0.29, 0.717) is 17.4 Å². The number of amides is 1. The summed E-state index contributed by atoms with van der Waals surface area (Å²) in [5, 5.41) is 18.5. The van der Waals surface area contributed by atoms with E-state index in [0.717, 1.165) is 11.3 Å². The quantitative estimate of drug-likeness (QED) is 0.541. The second-order valence-corrected chi connectivity index (χ2v) is 6.09. The molecule has 3 aromatic rings. The van der Waals surface area contributed by atoms with Crippen molar-refractivity contribution in [1.82, 2.24) is 9.78 Å². The fourth-order valence-corrected chi connectivity index (χ4v) is 2.66. The number of carbonyl (C=O) groups is 1. The summed E-state index contributed by atoms with van der Waals surface area (Å²) < 4.78 is 1.73. The van der Waals surface area contributed by atoms with Crippen molar-refractivity contribution < 1.29 is 9.72 Å². The standard InChI is InChI=1S/C18H15ClN4O3/c1-12-9-17(21-22(12)11-14-5-2-3-8-16(14)19)20-18(24)13-6-4-7-15(10-13)23(25)26/h2-10H,11H2,1H3,(H,20,21,24). The van der Waals surface area contributed by atoms with Crippen LogP contribution in [0.2, 0.25) is 5.02 Å². The molecular formula is C18H15ClN4O3. The van der Waals surface area contributed by atoms with E-state index < -0.39 is 10.8 Å². The van der Waals surface area contributed by atoms with Crippen molar-refractivity contribution >= 4 is 29.0 Å². The first-order valence-corrected chi connectivity index (χ1v) is 8.15. The number of halogens is 1. The molecule has 0 radical (unpaired) electrons. The second-order valence-electron chi connectivity index (χ2n) is 5.68. The van der Waals surface area contributed by atoms with Crippen LogP contribution in [0.25, 0.3) is 0 Å². The Morgan fingerprint density at radius 3 is 2.73 bits per heavy atom. The van der Waals surface area contributed by atoms with Crippen molar-refractivity contribution in [2.45, 2.75) is 13.5 Å². The van der Waals surface area contributed by atoms with Crippen LogP contribution >= 0.6 is 11.6 Å². The number of nitrogens with one attached hydrogen (secondary N) is 1. The average Bonchev–Trinajstić information content (AvgIpc) is 2.96. The summed E-state index contributed by atoms with van der Waals surface area (Å²) in [6.07, 6.45) is 0. The van der Waals surface area contributed by atoms with Gasteiger partial charge in [0.2, 0.25) is 0 Å². The van der Waals surface area contributed by atoms with Gasteiger partial charge in [-0.05, 0) is 24.6 Å². The number of aryl methyl sites for hydroxylation is 1. The lowest BCUT2D eigenvalue weighted by Crippen LogP contribution is -2.13. The Morgan fingerprint density at radius 1 is 1.23 bits per heavy atom. The predicted molar refractivity (Wildman–Crippen MR) is 98.6 cm³/mol. The molecule has 132 valence electrons. The van der Waals surface area contributed by atoms with Crippen LogP contribution in [0.15, 0.2) is 54.6 Å². The monoisotopic (exact) mass is 370 g/mol. The van der Waals surface area contributed by atoms with Crippen molar-refractivity contribution in [1.29, 1.82) is 0 Å². The maximum Gasteiger partial charge on any atom is 0.270 e. The van der Waals surface area contributed by atoms with Crippen LogP contribution in [0.1, 0.15) is 21.6 Å². The molecule has 1 amide bonds. The van der Waals surface area contributed by atoms with Gasteiger partial charge in [-0.1, -0.05) is 35.9 Å². The Labute approximate surface area is 154 Å². The highest BCUT2D eigenvalue weighted by Gasteiger charge is 2.14. The van der Waals surface area contributed by atoms with Gasteiger partial charge in [-0.15, -0.1) is 0 Å². The SMILES string of the molecule is Cc1cc(NC(=O)c2cccc([N+](=O)[O-])c2)nn1Cc1ccccc1Cl. The predicted octanol–water partition coefficient (Wildman–Crippen LogP) is 4.05. The molecule has 3 rings (SSSR count). The minimum absolute atomic E-state index is 0.141. The van der Waals surface area contributed by atoms with Crippen LogP contribution in [0, 0.1) is 17.0 Å². The van der Waals surface area contributed by atoms with Crippen molar-refractivity contribution in [3.8, 4) is 0 Å². The van der Waals surface area contributed by atoms with Gasteiger partial charge in [-0.25, -0.2) is 0 Å². The molecule has 0 bridgehead atoms. The van der Waals surface area contributed by atoms with Crippen LogP contribution < -0.4 is 5.32 Å². The topological polar surface area (TPSA) is 90.1 Å².